The molecule has 9 nitrogen and oxygen atoms in total. The topological polar surface area (TPSA) is 148 Å². The zero-order chi connectivity index (χ0) is 19.9. The largest absolute Gasteiger partial charge is 0.481 e. The van der Waals surface area contributed by atoms with Crippen molar-refractivity contribution in [3.05, 3.63) is 0 Å². The number of rotatable bonds is 15. The number of Topliss-reactive ketones (excluding diaryl/α,β-unsaturated/α-hetero) is 1. The maximum absolute atomic E-state index is 12.2. The Morgan fingerprint density at radius 1 is 1.08 bits per heavy atom. The highest BCUT2D eigenvalue weighted by molar-refractivity contribution is 5.90. The summed E-state index contributed by atoms with van der Waals surface area (Å²) in [7, 11) is 1.53. The number of ketones is 1. The Hall–Kier alpha value is -2.00. The minimum absolute atomic E-state index is 0.0228. The molecular formula is C17H31N3O6. The van der Waals surface area contributed by atoms with Gasteiger partial charge in [-0.1, -0.05) is 6.92 Å². The van der Waals surface area contributed by atoms with Crippen LogP contribution in [0.1, 0.15) is 45.4 Å². The molecule has 0 bridgehead atoms. The highest BCUT2D eigenvalue weighted by Gasteiger charge is 2.25. The second kappa shape index (κ2) is 14.2. The fourth-order valence-electron chi connectivity index (χ4n) is 2.24. The Balaban J connectivity index is 4.63. The molecule has 0 aliphatic rings. The van der Waals surface area contributed by atoms with Crippen molar-refractivity contribution in [2.75, 3.05) is 26.8 Å². The number of hydrogen-bond acceptors (Lipinski definition) is 6. The summed E-state index contributed by atoms with van der Waals surface area (Å²) in [5.74, 6) is -2.59. The summed E-state index contributed by atoms with van der Waals surface area (Å²) in [5.41, 5.74) is 5.71. The van der Waals surface area contributed by atoms with Crippen molar-refractivity contribution in [3.63, 3.8) is 0 Å². The number of aliphatic carboxylic acids is 1. The fourth-order valence-corrected chi connectivity index (χ4v) is 2.24. The molecule has 0 saturated heterocycles. The Labute approximate surface area is 154 Å². The Bertz CT molecular complexity index is 469. The number of nitrogens with two attached hydrogens (primary N) is 1. The normalized spacial score (nSPS) is 12.9. The van der Waals surface area contributed by atoms with Gasteiger partial charge in [0.2, 0.25) is 11.8 Å². The van der Waals surface area contributed by atoms with Crippen molar-refractivity contribution in [1.29, 1.82) is 0 Å². The van der Waals surface area contributed by atoms with Crippen LogP contribution in [0.4, 0.5) is 0 Å². The van der Waals surface area contributed by atoms with Crippen LogP contribution >= 0.6 is 0 Å². The summed E-state index contributed by atoms with van der Waals surface area (Å²) in [6.45, 7) is 3.16. The third-order valence-corrected chi connectivity index (χ3v) is 3.80. The molecule has 0 aromatic rings. The molecule has 5 N–H and O–H groups in total. The maximum atomic E-state index is 12.2. The van der Waals surface area contributed by atoms with Crippen molar-refractivity contribution in [1.82, 2.24) is 10.6 Å². The van der Waals surface area contributed by atoms with E-state index in [-0.39, 0.29) is 49.7 Å². The summed E-state index contributed by atoms with van der Waals surface area (Å²) in [5, 5.41) is 14.0. The summed E-state index contributed by atoms with van der Waals surface area (Å²) in [6.07, 6.45) is 0.775. The third-order valence-electron chi connectivity index (χ3n) is 3.80. The van der Waals surface area contributed by atoms with Gasteiger partial charge in [-0.05, 0) is 19.3 Å². The van der Waals surface area contributed by atoms with Crippen LogP contribution in [-0.4, -0.2) is 61.5 Å². The van der Waals surface area contributed by atoms with Crippen molar-refractivity contribution in [2.45, 2.75) is 51.5 Å². The van der Waals surface area contributed by atoms with Crippen molar-refractivity contribution >= 4 is 23.6 Å². The minimum Gasteiger partial charge on any atom is -0.481 e. The van der Waals surface area contributed by atoms with E-state index in [1.165, 1.54) is 7.11 Å². The van der Waals surface area contributed by atoms with Crippen LogP contribution in [0.2, 0.25) is 0 Å². The zero-order valence-electron chi connectivity index (χ0n) is 15.6. The van der Waals surface area contributed by atoms with Crippen molar-refractivity contribution < 1.29 is 29.0 Å². The first-order valence-corrected chi connectivity index (χ1v) is 8.85. The predicted molar refractivity (Wildman–Crippen MR) is 95.4 cm³/mol. The van der Waals surface area contributed by atoms with Gasteiger partial charge in [0, 0.05) is 45.4 Å². The van der Waals surface area contributed by atoms with Crippen LogP contribution in [0.5, 0.6) is 0 Å². The first-order valence-electron chi connectivity index (χ1n) is 8.85. The van der Waals surface area contributed by atoms with Gasteiger partial charge in [0.15, 0.2) is 0 Å². The van der Waals surface area contributed by atoms with Gasteiger partial charge in [0.1, 0.15) is 5.78 Å². The van der Waals surface area contributed by atoms with Gasteiger partial charge in [-0.2, -0.15) is 0 Å². The Morgan fingerprint density at radius 3 is 2.35 bits per heavy atom. The van der Waals surface area contributed by atoms with Gasteiger partial charge >= 0.3 is 5.97 Å². The molecule has 0 heterocycles. The average Bonchev–Trinajstić information content (AvgIpc) is 2.60. The highest BCUT2D eigenvalue weighted by atomic mass is 16.5. The molecule has 0 aromatic carbocycles. The number of carbonyl (C=O) groups is 4. The first-order chi connectivity index (χ1) is 12.3. The van der Waals surface area contributed by atoms with Crippen LogP contribution in [0.25, 0.3) is 0 Å². The predicted octanol–water partition coefficient (Wildman–Crippen LogP) is -0.177. The minimum atomic E-state index is -1.03. The van der Waals surface area contributed by atoms with Crippen LogP contribution in [0.3, 0.4) is 0 Å². The van der Waals surface area contributed by atoms with E-state index in [1.807, 2.05) is 6.92 Å². The molecule has 0 aliphatic heterocycles. The molecule has 0 saturated carbocycles. The van der Waals surface area contributed by atoms with Gasteiger partial charge in [-0.15, -0.1) is 0 Å². The number of carboxylic acids is 1. The lowest BCUT2D eigenvalue weighted by molar-refractivity contribution is -0.137. The van der Waals surface area contributed by atoms with E-state index in [9.17, 15) is 19.2 Å². The van der Waals surface area contributed by atoms with E-state index in [0.29, 0.717) is 19.7 Å². The summed E-state index contributed by atoms with van der Waals surface area (Å²) in [4.78, 5) is 46.8. The van der Waals surface area contributed by atoms with Gasteiger partial charge in [-0.25, -0.2) is 0 Å². The smallest absolute Gasteiger partial charge is 0.303 e. The van der Waals surface area contributed by atoms with Gasteiger partial charge in [0.25, 0.3) is 0 Å². The maximum Gasteiger partial charge on any atom is 0.303 e. The zero-order valence-corrected chi connectivity index (χ0v) is 15.6. The molecule has 2 amide bonds. The van der Waals surface area contributed by atoms with Gasteiger partial charge in [-0.3, -0.25) is 19.2 Å². The van der Waals surface area contributed by atoms with Crippen LogP contribution in [0, 0.1) is 5.92 Å². The molecule has 9 heteroatoms. The van der Waals surface area contributed by atoms with E-state index < -0.39 is 17.9 Å². The summed E-state index contributed by atoms with van der Waals surface area (Å²) >= 11 is 0. The van der Waals surface area contributed by atoms with Crippen LogP contribution in [-0.2, 0) is 23.9 Å². The van der Waals surface area contributed by atoms with E-state index in [4.69, 9.17) is 15.6 Å². The second-order valence-electron chi connectivity index (χ2n) is 6.08. The number of hydrogen-bond donors (Lipinski definition) is 4. The molecule has 0 fully saturated rings. The summed E-state index contributed by atoms with van der Waals surface area (Å²) < 4.78 is 4.84. The average molecular weight is 373 g/mol. The number of carboxylic acid groups (broad SMARTS) is 1. The summed E-state index contributed by atoms with van der Waals surface area (Å²) in [6, 6.07) is -0.928. The van der Waals surface area contributed by atoms with Gasteiger partial charge in [0.05, 0.1) is 12.6 Å². The number of methoxy groups -OCH3 is 1. The molecule has 0 spiro atoms. The van der Waals surface area contributed by atoms with Crippen LogP contribution < -0.4 is 16.4 Å². The highest BCUT2D eigenvalue weighted by Crippen LogP contribution is 2.15. The van der Waals surface area contributed by atoms with E-state index in [1.54, 1.807) is 0 Å². The lowest BCUT2D eigenvalue weighted by atomic mass is 9.92. The molecule has 2 unspecified atom stereocenters. The third kappa shape index (κ3) is 11.5. The molecule has 2 atom stereocenters. The number of ether oxygens (including phenoxy) is 1. The molecule has 0 aromatic heterocycles. The second-order valence-corrected chi connectivity index (χ2v) is 6.08. The van der Waals surface area contributed by atoms with Crippen LogP contribution in [0.15, 0.2) is 0 Å². The Kier molecular flexibility index (Phi) is 13.1. The Morgan fingerprint density at radius 2 is 1.77 bits per heavy atom. The van der Waals surface area contributed by atoms with Crippen molar-refractivity contribution in [2.24, 2.45) is 11.7 Å². The first kappa shape index (κ1) is 24.0. The fraction of sp³-hybridized carbons (Fsp3) is 0.765. The van der Waals surface area contributed by atoms with E-state index >= 15 is 0 Å². The van der Waals surface area contributed by atoms with Crippen molar-refractivity contribution in [3.8, 4) is 0 Å². The molecule has 0 radical (unpaired) electrons. The van der Waals surface area contributed by atoms with E-state index in [0.717, 1.165) is 6.42 Å². The number of nitrogens with one attached hydrogen (secondary N) is 2. The molecule has 0 rings (SSSR count). The van der Waals surface area contributed by atoms with E-state index in [2.05, 4.69) is 10.6 Å². The molecule has 0 aliphatic carbocycles. The standard InChI is InChI=1S/C17H31N3O6/c1-3-8-20-17(25)12(4-6-15(22)19-9-10-26-2)11-14(21)13(18)5-7-16(23)24/h12-13H,3-11,18H2,1-2H3,(H,19,22)(H,20,25)(H,23,24). The van der Waals surface area contributed by atoms with Gasteiger partial charge < -0.3 is 26.2 Å². The molecular weight excluding hydrogens is 342 g/mol. The number of amides is 2. The monoisotopic (exact) mass is 373 g/mol. The quantitative estimate of drug-likeness (QED) is 0.291. The lowest BCUT2D eigenvalue weighted by Gasteiger charge is -2.18. The number of carbonyl (C=O) groups excluding carboxylic acids is 3. The molecule has 26 heavy (non-hydrogen) atoms. The molecule has 150 valence electrons. The SMILES string of the molecule is CCCNC(=O)C(CCC(=O)NCCOC)CC(=O)C(N)CCC(=O)O. The lowest BCUT2D eigenvalue weighted by Crippen LogP contribution is -2.38.